The van der Waals surface area contributed by atoms with Gasteiger partial charge < -0.3 is 0 Å². The van der Waals surface area contributed by atoms with E-state index in [9.17, 15) is 0 Å². The Balaban J connectivity index is 1.89. The van der Waals surface area contributed by atoms with Crippen molar-refractivity contribution < 1.29 is 0 Å². The van der Waals surface area contributed by atoms with Gasteiger partial charge in [-0.1, -0.05) is 58.9 Å². The molecule has 0 amide bonds. The van der Waals surface area contributed by atoms with E-state index in [-0.39, 0.29) is 7.92 Å². The normalized spacial score (nSPS) is 21.8. The van der Waals surface area contributed by atoms with Gasteiger partial charge in [0.25, 0.3) is 0 Å². The molecule has 2 heteroatoms. The van der Waals surface area contributed by atoms with Gasteiger partial charge in [0.05, 0.1) is 0 Å². The highest BCUT2D eigenvalue weighted by atomic mass is 79.9. The minimum Gasteiger partial charge on any atom is -0.169 e. The molecule has 0 nitrogen and oxygen atoms in total. The molecule has 0 bridgehead atoms. The summed E-state index contributed by atoms with van der Waals surface area (Å²) in [6.07, 6.45) is 16.7. The van der Waals surface area contributed by atoms with Crippen LogP contribution in [-0.4, -0.2) is 11.3 Å². The topological polar surface area (TPSA) is 0 Å². The minimum absolute atomic E-state index is 0.00753. The first-order chi connectivity index (χ1) is 10.3. The molecule has 1 aromatic carbocycles. The lowest BCUT2D eigenvalue weighted by Gasteiger charge is -2.41. The first kappa shape index (κ1) is 15.9. The lowest BCUT2D eigenvalue weighted by atomic mass is 9.99. The van der Waals surface area contributed by atoms with Crippen molar-refractivity contribution in [1.82, 2.24) is 0 Å². The summed E-state index contributed by atoms with van der Waals surface area (Å²) in [5.74, 6) is 0. The van der Waals surface area contributed by atoms with Crippen LogP contribution in [0.4, 0.5) is 0 Å². The molecule has 0 unspecified atom stereocenters. The highest BCUT2D eigenvalue weighted by molar-refractivity contribution is 9.10. The highest BCUT2D eigenvalue weighted by Crippen LogP contribution is 2.56. The second kappa shape index (κ2) is 7.51. The van der Waals surface area contributed by atoms with Crippen LogP contribution in [0.3, 0.4) is 0 Å². The van der Waals surface area contributed by atoms with E-state index >= 15 is 0 Å². The number of rotatable bonds is 4. The SMILES string of the molecule is C=C[c-]1ccc(P(C2CCCCC2)C2CCCCC2)c1Br. The van der Waals surface area contributed by atoms with Crippen LogP contribution in [0.5, 0.6) is 0 Å². The van der Waals surface area contributed by atoms with E-state index in [1.165, 1.54) is 74.2 Å². The maximum atomic E-state index is 3.97. The van der Waals surface area contributed by atoms with Gasteiger partial charge in [-0.15, -0.1) is 30.9 Å². The van der Waals surface area contributed by atoms with E-state index in [0.717, 1.165) is 11.3 Å². The van der Waals surface area contributed by atoms with Crippen LogP contribution in [0.15, 0.2) is 23.2 Å². The van der Waals surface area contributed by atoms with Crippen LogP contribution >= 0.6 is 23.9 Å². The molecular formula is C19H27BrP-. The fourth-order valence-corrected chi connectivity index (χ4v) is 9.10. The molecule has 0 aromatic heterocycles. The Morgan fingerprint density at radius 3 is 1.95 bits per heavy atom. The molecule has 116 valence electrons. The summed E-state index contributed by atoms with van der Waals surface area (Å²) in [7, 11) is 0.00753. The van der Waals surface area contributed by atoms with E-state index in [1.54, 1.807) is 5.30 Å². The van der Waals surface area contributed by atoms with E-state index in [2.05, 4.69) is 34.6 Å². The van der Waals surface area contributed by atoms with Crippen LogP contribution in [0.1, 0.15) is 69.8 Å². The van der Waals surface area contributed by atoms with Gasteiger partial charge in [0, 0.05) is 0 Å². The maximum absolute atomic E-state index is 3.97. The molecule has 0 spiro atoms. The summed E-state index contributed by atoms with van der Waals surface area (Å²) in [6, 6.07) is 4.68. The number of hydrogen-bond acceptors (Lipinski definition) is 0. The predicted molar refractivity (Wildman–Crippen MR) is 100 cm³/mol. The third-order valence-electron chi connectivity index (χ3n) is 5.33. The first-order valence-electron chi connectivity index (χ1n) is 8.67. The molecule has 2 fully saturated rings. The second-order valence-electron chi connectivity index (χ2n) is 6.68. The van der Waals surface area contributed by atoms with Crippen molar-refractivity contribution >= 4 is 35.2 Å². The molecule has 2 saturated carbocycles. The van der Waals surface area contributed by atoms with Crippen molar-refractivity contribution in [3.05, 3.63) is 28.7 Å². The van der Waals surface area contributed by atoms with E-state index in [1.807, 2.05) is 6.08 Å². The Bertz CT molecular complexity index is 446. The Kier molecular flexibility index (Phi) is 5.68. The largest absolute Gasteiger partial charge is 0.169 e. The van der Waals surface area contributed by atoms with E-state index < -0.39 is 0 Å². The lowest BCUT2D eigenvalue weighted by Crippen LogP contribution is -2.26. The predicted octanol–water partition coefficient (Wildman–Crippen LogP) is 6.58. The molecule has 0 radical (unpaired) electrons. The average Bonchev–Trinajstić information content (AvgIpc) is 2.91. The van der Waals surface area contributed by atoms with Crippen molar-refractivity contribution in [2.24, 2.45) is 0 Å². The van der Waals surface area contributed by atoms with Crippen LogP contribution in [0, 0.1) is 0 Å². The fraction of sp³-hybridized carbons (Fsp3) is 0.632. The Hall–Kier alpha value is -0.0000000000000000555. The summed E-state index contributed by atoms with van der Waals surface area (Å²) in [6.45, 7) is 3.97. The third-order valence-corrected chi connectivity index (χ3v) is 10.1. The second-order valence-corrected chi connectivity index (χ2v) is 10.2. The quantitative estimate of drug-likeness (QED) is 0.417. The smallest absolute Gasteiger partial charge is 0.0252 e. The molecule has 2 aliphatic carbocycles. The molecule has 0 saturated heterocycles. The zero-order chi connectivity index (χ0) is 14.7. The fourth-order valence-electron chi connectivity index (χ4n) is 4.23. The summed E-state index contributed by atoms with van der Waals surface area (Å²) >= 11 is 3.89. The monoisotopic (exact) mass is 365 g/mol. The zero-order valence-corrected chi connectivity index (χ0v) is 15.5. The standard InChI is InChI=1S/C19H27BrP/c1-2-15-13-14-18(19(15)20)21(16-9-5-3-6-10-16)17-11-7-4-8-12-17/h2,13-14,16-17H,1,3-12H2/q-1. The van der Waals surface area contributed by atoms with Gasteiger partial charge in [0.1, 0.15) is 0 Å². The molecule has 2 aliphatic rings. The summed E-state index contributed by atoms with van der Waals surface area (Å²) in [5.41, 5.74) is 3.26. The van der Waals surface area contributed by atoms with Crippen LogP contribution in [-0.2, 0) is 0 Å². The lowest BCUT2D eigenvalue weighted by molar-refractivity contribution is 0.487. The van der Waals surface area contributed by atoms with Crippen LogP contribution in [0.2, 0.25) is 0 Å². The Labute approximate surface area is 139 Å². The van der Waals surface area contributed by atoms with Crippen LogP contribution in [0.25, 0.3) is 6.08 Å². The summed E-state index contributed by atoms with van der Waals surface area (Å²) < 4.78 is 1.36. The molecule has 21 heavy (non-hydrogen) atoms. The number of hydrogen-bond donors (Lipinski definition) is 0. The van der Waals surface area contributed by atoms with Crippen molar-refractivity contribution in [3.8, 4) is 0 Å². The van der Waals surface area contributed by atoms with Gasteiger partial charge >= 0.3 is 0 Å². The molecule has 0 aliphatic heterocycles. The molecule has 1 aromatic rings. The summed E-state index contributed by atoms with van der Waals surface area (Å²) in [5, 5.41) is 1.65. The van der Waals surface area contributed by atoms with E-state index in [4.69, 9.17) is 0 Å². The van der Waals surface area contributed by atoms with Gasteiger partial charge in [0.2, 0.25) is 0 Å². The minimum atomic E-state index is 0.00753. The van der Waals surface area contributed by atoms with E-state index in [0.29, 0.717) is 0 Å². The molecule has 0 atom stereocenters. The van der Waals surface area contributed by atoms with Gasteiger partial charge in [-0.25, -0.2) is 0 Å². The maximum Gasteiger partial charge on any atom is -0.0252 e. The molecule has 0 N–H and O–H groups in total. The molecule has 0 heterocycles. The van der Waals surface area contributed by atoms with Gasteiger partial charge in [0.15, 0.2) is 0 Å². The van der Waals surface area contributed by atoms with Crippen molar-refractivity contribution in [1.29, 1.82) is 0 Å². The number of halogens is 1. The van der Waals surface area contributed by atoms with Crippen molar-refractivity contribution in [2.45, 2.75) is 75.5 Å². The molecule has 3 rings (SSSR count). The van der Waals surface area contributed by atoms with Gasteiger partial charge in [-0.2, -0.15) is 12.6 Å². The summed E-state index contributed by atoms with van der Waals surface area (Å²) in [4.78, 5) is 0. The Morgan fingerprint density at radius 1 is 1.00 bits per heavy atom. The zero-order valence-electron chi connectivity index (χ0n) is 13.0. The first-order valence-corrected chi connectivity index (χ1v) is 10.9. The van der Waals surface area contributed by atoms with Gasteiger partial charge in [-0.3, -0.25) is 0 Å². The Morgan fingerprint density at radius 2 is 1.52 bits per heavy atom. The third kappa shape index (κ3) is 3.50. The average molecular weight is 366 g/mol. The highest BCUT2D eigenvalue weighted by Gasteiger charge is 2.30. The molecular weight excluding hydrogens is 339 g/mol. The van der Waals surface area contributed by atoms with Crippen molar-refractivity contribution in [2.75, 3.05) is 0 Å². The van der Waals surface area contributed by atoms with Crippen molar-refractivity contribution in [3.63, 3.8) is 0 Å². The van der Waals surface area contributed by atoms with Crippen LogP contribution < -0.4 is 5.30 Å². The van der Waals surface area contributed by atoms with Gasteiger partial charge in [-0.05, 0) is 37.0 Å².